The number of ether oxygens (including phenoxy) is 2. The van der Waals surface area contributed by atoms with Gasteiger partial charge in [0.25, 0.3) is 0 Å². The number of unbranched alkanes of at least 4 members (excludes halogenated alkanes) is 1. The van der Waals surface area contributed by atoms with Crippen LogP contribution in [0.4, 0.5) is 4.39 Å². The molecule has 1 aliphatic heterocycles. The van der Waals surface area contributed by atoms with E-state index in [0.29, 0.717) is 13.0 Å². The van der Waals surface area contributed by atoms with Gasteiger partial charge in [-0.25, -0.2) is 4.39 Å². The molecule has 4 heteroatoms. The van der Waals surface area contributed by atoms with Crippen molar-refractivity contribution in [2.45, 2.75) is 44.8 Å². The molecule has 19 heavy (non-hydrogen) atoms. The summed E-state index contributed by atoms with van der Waals surface area (Å²) >= 11 is 0. The van der Waals surface area contributed by atoms with E-state index >= 15 is 0 Å². The highest BCUT2D eigenvalue weighted by molar-refractivity contribution is 5.34. The number of hydrogen-bond donors (Lipinski definition) is 1. The molecule has 2 rings (SSSR count). The average molecular weight is 268 g/mol. The minimum Gasteiger partial charge on any atom is -0.493 e. The van der Waals surface area contributed by atoms with Gasteiger partial charge in [0, 0.05) is 0 Å². The van der Waals surface area contributed by atoms with E-state index < -0.39 is 0 Å². The number of rotatable bonds is 8. The third kappa shape index (κ3) is 4.18. The lowest BCUT2D eigenvalue weighted by atomic mass is 10.1. The second kappa shape index (κ2) is 6.87. The highest BCUT2D eigenvalue weighted by Gasteiger charge is 2.37. The Balaban J connectivity index is 1.90. The van der Waals surface area contributed by atoms with Crippen molar-refractivity contribution in [3.63, 3.8) is 0 Å². The zero-order chi connectivity index (χ0) is 13.7. The number of halogens is 1. The van der Waals surface area contributed by atoms with Crippen molar-refractivity contribution in [2.24, 2.45) is 0 Å². The summed E-state index contributed by atoms with van der Waals surface area (Å²) in [4.78, 5) is 0. The Kier molecular flexibility index (Phi) is 5.16. The lowest BCUT2D eigenvalue weighted by Gasteiger charge is -2.11. The zero-order valence-corrected chi connectivity index (χ0v) is 11.3. The highest BCUT2D eigenvalue weighted by atomic mass is 19.1. The molecule has 0 bridgehead atoms. The molecule has 1 aliphatic rings. The van der Waals surface area contributed by atoms with Crippen molar-refractivity contribution in [3.8, 4) is 5.75 Å². The Hall–Kier alpha value is -1.13. The number of aryl methyl sites for hydroxylation is 1. The van der Waals surface area contributed by atoms with Gasteiger partial charge in [0.1, 0.15) is 17.7 Å². The Labute approximate surface area is 113 Å². The fourth-order valence-electron chi connectivity index (χ4n) is 2.10. The normalized spacial score (nSPS) is 21.4. The standard InChI is InChI=1S/C15H21FO3/c1-2-3-8-18-13-7-5-12(16)9-11(13)4-6-14-15(10-17)19-14/h5,7,9,14-15,17H,2-4,6,8,10H2,1H3. The van der Waals surface area contributed by atoms with Gasteiger partial charge in [-0.3, -0.25) is 0 Å². The van der Waals surface area contributed by atoms with Gasteiger partial charge in [-0.05, 0) is 43.0 Å². The van der Waals surface area contributed by atoms with Crippen LogP contribution < -0.4 is 4.74 Å². The molecule has 0 saturated carbocycles. The molecule has 1 N–H and O–H groups in total. The van der Waals surface area contributed by atoms with E-state index in [9.17, 15) is 4.39 Å². The van der Waals surface area contributed by atoms with E-state index in [1.165, 1.54) is 12.1 Å². The van der Waals surface area contributed by atoms with Crippen molar-refractivity contribution in [3.05, 3.63) is 29.6 Å². The Morgan fingerprint density at radius 2 is 2.21 bits per heavy atom. The predicted octanol–water partition coefficient (Wildman–Crippen LogP) is 2.70. The topological polar surface area (TPSA) is 42.0 Å². The molecule has 1 aromatic rings. The number of epoxide rings is 1. The first kappa shape index (κ1) is 14.3. The van der Waals surface area contributed by atoms with E-state index in [2.05, 4.69) is 6.92 Å². The van der Waals surface area contributed by atoms with Crippen LogP contribution in [0.2, 0.25) is 0 Å². The maximum atomic E-state index is 13.3. The molecule has 0 aliphatic carbocycles. The van der Waals surface area contributed by atoms with Crippen molar-refractivity contribution >= 4 is 0 Å². The smallest absolute Gasteiger partial charge is 0.123 e. The maximum absolute atomic E-state index is 13.3. The van der Waals surface area contributed by atoms with Crippen molar-refractivity contribution in [1.82, 2.24) is 0 Å². The summed E-state index contributed by atoms with van der Waals surface area (Å²) in [5, 5.41) is 8.91. The van der Waals surface area contributed by atoms with Crippen LogP contribution in [0.3, 0.4) is 0 Å². The van der Waals surface area contributed by atoms with Gasteiger partial charge in [0.05, 0.1) is 19.3 Å². The summed E-state index contributed by atoms with van der Waals surface area (Å²) in [5.41, 5.74) is 0.878. The van der Waals surface area contributed by atoms with Crippen LogP contribution in [0.25, 0.3) is 0 Å². The number of aliphatic hydroxyl groups excluding tert-OH is 1. The Morgan fingerprint density at radius 1 is 1.37 bits per heavy atom. The quantitative estimate of drug-likeness (QED) is 0.582. The van der Waals surface area contributed by atoms with Crippen LogP contribution in [0.5, 0.6) is 5.75 Å². The summed E-state index contributed by atoms with van der Waals surface area (Å²) in [7, 11) is 0. The van der Waals surface area contributed by atoms with Crippen molar-refractivity contribution < 1.29 is 19.0 Å². The Morgan fingerprint density at radius 3 is 2.89 bits per heavy atom. The fourth-order valence-corrected chi connectivity index (χ4v) is 2.10. The van der Waals surface area contributed by atoms with Gasteiger partial charge in [0.2, 0.25) is 0 Å². The summed E-state index contributed by atoms with van der Waals surface area (Å²) in [6.45, 7) is 2.83. The molecule has 1 aromatic carbocycles. The largest absolute Gasteiger partial charge is 0.493 e. The van der Waals surface area contributed by atoms with Gasteiger partial charge >= 0.3 is 0 Å². The van der Waals surface area contributed by atoms with Gasteiger partial charge < -0.3 is 14.6 Å². The summed E-state index contributed by atoms with van der Waals surface area (Å²) < 4.78 is 24.2. The number of aliphatic hydroxyl groups is 1. The van der Waals surface area contributed by atoms with Crippen LogP contribution in [-0.4, -0.2) is 30.5 Å². The van der Waals surface area contributed by atoms with Crippen LogP contribution in [0.15, 0.2) is 18.2 Å². The van der Waals surface area contributed by atoms with Crippen LogP contribution >= 0.6 is 0 Å². The van der Waals surface area contributed by atoms with Crippen LogP contribution in [-0.2, 0) is 11.2 Å². The lowest BCUT2D eigenvalue weighted by molar-refractivity contribution is 0.241. The second-order valence-electron chi connectivity index (χ2n) is 4.89. The fraction of sp³-hybridized carbons (Fsp3) is 0.600. The minimum absolute atomic E-state index is 0.0296. The molecular formula is C15H21FO3. The average Bonchev–Trinajstić information content (AvgIpc) is 3.17. The molecule has 0 amide bonds. The maximum Gasteiger partial charge on any atom is 0.123 e. The van der Waals surface area contributed by atoms with E-state index in [0.717, 1.165) is 30.6 Å². The first-order valence-electron chi connectivity index (χ1n) is 6.92. The first-order chi connectivity index (χ1) is 9.24. The summed E-state index contributed by atoms with van der Waals surface area (Å²) in [6.07, 6.45) is 3.65. The van der Waals surface area contributed by atoms with E-state index in [4.69, 9.17) is 14.6 Å². The molecule has 1 saturated heterocycles. The van der Waals surface area contributed by atoms with E-state index in [1.54, 1.807) is 6.07 Å². The van der Waals surface area contributed by atoms with Crippen LogP contribution in [0, 0.1) is 5.82 Å². The SMILES string of the molecule is CCCCOc1ccc(F)cc1CCC1OC1CO. The summed E-state index contributed by atoms with van der Waals surface area (Å²) in [5.74, 6) is 0.518. The first-order valence-corrected chi connectivity index (χ1v) is 6.92. The van der Waals surface area contributed by atoms with Crippen molar-refractivity contribution in [1.29, 1.82) is 0 Å². The highest BCUT2D eigenvalue weighted by Crippen LogP contribution is 2.29. The Bertz CT molecular complexity index is 408. The summed E-state index contributed by atoms with van der Waals surface area (Å²) in [6, 6.07) is 4.64. The van der Waals surface area contributed by atoms with Gasteiger partial charge in [0.15, 0.2) is 0 Å². The third-order valence-electron chi connectivity index (χ3n) is 3.34. The number of hydrogen-bond acceptors (Lipinski definition) is 3. The van der Waals surface area contributed by atoms with Crippen molar-refractivity contribution in [2.75, 3.05) is 13.2 Å². The lowest BCUT2D eigenvalue weighted by Crippen LogP contribution is -2.03. The molecular weight excluding hydrogens is 247 g/mol. The van der Waals surface area contributed by atoms with E-state index in [1.807, 2.05) is 0 Å². The van der Waals surface area contributed by atoms with E-state index in [-0.39, 0.29) is 24.6 Å². The molecule has 0 aromatic heterocycles. The van der Waals surface area contributed by atoms with Gasteiger partial charge in [-0.1, -0.05) is 13.3 Å². The van der Waals surface area contributed by atoms with Gasteiger partial charge in [-0.15, -0.1) is 0 Å². The molecule has 2 unspecified atom stereocenters. The molecule has 2 atom stereocenters. The predicted molar refractivity (Wildman–Crippen MR) is 70.9 cm³/mol. The molecule has 3 nitrogen and oxygen atoms in total. The third-order valence-corrected chi connectivity index (χ3v) is 3.34. The second-order valence-corrected chi connectivity index (χ2v) is 4.89. The molecule has 106 valence electrons. The molecule has 0 radical (unpaired) electrons. The molecule has 0 spiro atoms. The van der Waals surface area contributed by atoms with Crippen LogP contribution in [0.1, 0.15) is 31.7 Å². The van der Waals surface area contributed by atoms with Gasteiger partial charge in [-0.2, -0.15) is 0 Å². The molecule has 1 heterocycles. The zero-order valence-electron chi connectivity index (χ0n) is 11.3. The number of benzene rings is 1. The monoisotopic (exact) mass is 268 g/mol. The minimum atomic E-state index is -0.242. The molecule has 1 fully saturated rings.